The molecule has 0 spiro atoms. The molecular weight excluding hydrogens is 241 g/mol. The van der Waals surface area contributed by atoms with Crippen LogP contribution in [0.2, 0.25) is 0 Å². The molecule has 1 fully saturated rings. The van der Waals surface area contributed by atoms with Gasteiger partial charge in [-0.2, -0.15) is 0 Å². The van der Waals surface area contributed by atoms with Crippen molar-refractivity contribution in [2.75, 3.05) is 13.1 Å². The molecule has 1 aromatic rings. The zero-order chi connectivity index (χ0) is 13.6. The largest absolute Gasteiger partial charge is 0.370 e. The van der Waals surface area contributed by atoms with Crippen LogP contribution >= 0.6 is 0 Å². The number of hydrogen-bond acceptors (Lipinski definition) is 2. The Kier molecular flexibility index (Phi) is 5.34. The molecule has 0 amide bonds. The summed E-state index contributed by atoms with van der Waals surface area (Å²) in [6.07, 6.45) is 5.63. The lowest BCUT2D eigenvalue weighted by molar-refractivity contribution is -0.114. The number of nitrogens with one attached hydrogen (secondary N) is 1. The highest BCUT2D eigenvalue weighted by Gasteiger charge is 2.37. The van der Waals surface area contributed by atoms with E-state index in [0.717, 1.165) is 38.8 Å². The topological polar surface area (TPSA) is 21.3 Å². The van der Waals surface area contributed by atoms with Crippen molar-refractivity contribution in [3.8, 4) is 0 Å². The normalized spacial score (nSPS) is 17.2. The maximum atomic E-state index is 13.5. The zero-order valence-corrected chi connectivity index (χ0v) is 11.8. The molecule has 1 aliphatic rings. The van der Waals surface area contributed by atoms with Crippen LogP contribution in [-0.2, 0) is 11.3 Å². The lowest BCUT2D eigenvalue weighted by Gasteiger charge is -2.42. The van der Waals surface area contributed by atoms with Gasteiger partial charge in [-0.25, -0.2) is 4.39 Å². The van der Waals surface area contributed by atoms with E-state index in [1.165, 1.54) is 12.5 Å². The summed E-state index contributed by atoms with van der Waals surface area (Å²) < 4.78 is 19.6. The van der Waals surface area contributed by atoms with Crippen LogP contribution in [0.4, 0.5) is 4.39 Å². The molecule has 0 saturated heterocycles. The zero-order valence-electron chi connectivity index (χ0n) is 11.8. The Morgan fingerprint density at radius 1 is 1.26 bits per heavy atom. The molecule has 0 bridgehead atoms. The van der Waals surface area contributed by atoms with Gasteiger partial charge in [-0.15, -0.1) is 0 Å². The Hall–Kier alpha value is -0.930. The van der Waals surface area contributed by atoms with Gasteiger partial charge in [-0.3, -0.25) is 0 Å². The van der Waals surface area contributed by atoms with E-state index in [0.29, 0.717) is 12.2 Å². The lowest BCUT2D eigenvalue weighted by Crippen LogP contribution is -2.42. The van der Waals surface area contributed by atoms with E-state index in [4.69, 9.17) is 4.74 Å². The van der Waals surface area contributed by atoms with Gasteiger partial charge < -0.3 is 10.1 Å². The van der Waals surface area contributed by atoms with Crippen molar-refractivity contribution in [1.82, 2.24) is 5.32 Å². The van der Waals surface area contributed by atoms with E-state index < -0.39 is 0 Å². The fourth-order valence-electron chi connectivity index (χ4n) is 2.50. The molecule has 2 rings (SSSR count). The molecule has 1 aromatic carbocycles. The van der Waals surface area contributed by atoms with Crippen molar-refractivity contribution >= 4 is 0 Å². The number of ether oxygens (including phenoxy) is 1. The second-order valence-corrected chi connectivity index (χ2v) is 5.42. The molecule has 0 atom stereocenters. The number of benzene rings is 1. The number of rotatable bonds is 8. The van der Waals surface area contributed by atoms with Crippen LogP contribution in [0, 0.1) is 5.82 Å². The molecule has 1 N–H and O–H groups in total. The third-order valence-electron chi connectivity index (χ3n) is 3.94. The Labute approximate surface area is 115 Å². The highest BCUT2D eigenvalue weighted by Crippen LogP contribution is 2.39. The molecule has 0 unspecified atom stereocenters. The highest BCUT2D eigenvalue weighted by molar-refractivity contribution is 5.16. The first-order chi connectivity index (χ1) is 9.26. The summed E-state index contributed by atoms with van der Waals surface area (Å²) in [5.74, 6) is -0.166. The molecule has 0 radical (unpaired) electrons. The van der Waals surface area contributed by atoms with Crippen molar-refractivity contribution in [3.63, 3.8) is 0 Å². The smallest absolute Gasteiger partial charge is 0.128 e. The first kappa shape index (κ1) is 14.5. The monoisotopic (exact) mass is 265 g/mol. The van der Waals surface area contributed by atoms with Crippen LogP contribution < -0.4 is 5.32 Å². The summed E-state index contributed by atoms with van der Waals surface area (Å²) in [6, 6.07) is 6.87. The van der Waals surface area contributed by atoms with Crippen LogP contribution in [0.15, 0.2) is 24.3 Å². The summed E-state index contributed by atoms with van der Waals surface area (Å²) in [5.41, 5.74) is 0.651. The van der Waals surface area contributed by atoms with Gasteiger partial charge in [0.1, 0.15) is 5.82 Å². The van der Waals surface area contributed by atoms with Crippen molar-refractivity contribution in [3.05, 3.63) is 35.6 Å². The standard InChI is InChI=1S/C16H24FNO/c1-2-11-18-12-10-16(8-5-9-16)19-13-14-6-3-4-7-15(14)17/h3-4,6-7,18H,2,5,8-13H2,1H3. The van der Waals surface area contributed by atoms with Gasteiger partial charge in [0, 0.05) is 5.56 Å². The number of halogens is 1. The van der Waals surface area contributed by atoms with Crippen LogP contribution in [0.5, 0.6) is 0 Å². The third kappa shape index (κ3) is 4.02. The molecule has 1 saturated carbocycles. The Balaban J connectivity index is 1.80. The first-order valence-electron chi connectivity index (χ1n) is 7.34. The fourth-order valence-corrected chi connectivity index (χ4v) is 2.50. The molecule has 106 valence electrons. The van der Waals surface area contributed by atoms with Crippen molar-refractivity contribution < 1.29 is 9.13 Å². The number of hydrogen-bond donors (Lipinski definition) is 1. The van der Waals surface area contributed by atoms with Crippen molar-refractivity contribution in [2.45, 2.75) is 51.2 Å². The van der Waals surface area contributed by atoms with Crippen LogP contribution in [-0.4, -0.2) is 18.7 Å². The van der Waals surface area contributed by atoms with E-state index in [9.17, 15) is 4.39 Å². The van der Waals surface area contributed by atoms with E-state index in [-0.39, 0.29) is 11.4 Å². The minimum Gasteiger partial charge on any atom is -0.370 e. The van der Waals surface area contributed by atoms with Crippen LogP contribution in [0.1, 0.15) is 44.6 Å². The quantitative estimate of drug-likeness (QED) is 0.724. The third-order valence-corrected chi connectivity index (χ3v) is 3.94. The van der Waals surface area contributed by atoms with Gasteiger partial charge in [-0.1, -0.05) is 25.1 Å². The van der Waals surface area contributed by atoms with E-state index >= 15 is 0 Å². The van der Waals surface area contributed by atoms with Gasteiger partial charge in [0.2, 0.25) is 0 Å². The van der Waals surface area contributed by atoms with Gasteiger partial charge in [-0.05, 0) is 51.3 Å². The summed E-state index contributed by atoms with van der Waals surface area (Å²) in [4.78, 5) is 0. The average molecular weight is 265 g/mol. The van der Waals surface area contributed by atoms with Gasteiger partial charge >= 0.3 is 0 Å². The maximum Gasteiger partial charge on any atom is 0.128 e. The summed E-state index contributed by atoms with van der Waals surface area (Å²) in [6.45, 7) is 4.61. The van der Waals surface area contributed by atoms with Gasteiger partial charge in [0.05, 0.1) is 12.2 Å². The van der Waals surface area contributed by atoms with Crippen LogP contribution in [0.3, 0.4) is 0 Å². The summed E-state index contributed by atoms with van der Waals surface area (Å²) in [7, 11) is 0. The Bertz CT molecular complexity index is 390. The Morgan fingerprint density at radius 3 is 2.68 bits per heavy atom. The minimum absolute atomic E-state index is 0.0109. The predicted molar refractivity (Wildman–Crippen MR) is 75.5 cm³/mol. The Morgan fingerprint density at radius 2 is 2.05 bits per heavy atom. The first-order valence-corrected chi connectivity index (χ1v) is 7.34. The SMILES string of the molecule is CCCNCCC1(OCc2ccccc2F)CCC1. The molecule has 2 nitrogen and oxygen atoms in total. The lowest BCUT2D eigenvalue weighted by atomic mass is 9.77. The second-order valence-electron chi connectivity index (χ2n) is 5.42. The minimum atomic E-state index is -0.166. The molecule has 1 aliphatic carbocycles. The predicted octanol–water partition coefficient (Wildman–Crippen LogP) is 3.65. The molecular formula is C16H24FNO. The molecule has 0 aromatic heterocycles. The van der Waals surface area contributed by atoms with Gasteiger partial charge in [0.25, 0.3) is 0 Å². The fraction of sp³-hybridized carbons (Fsp3) is 0.625. The van der Waals surface area contributed by atoms with Crippen LogP contribution in [0.25, 0.3) is 0 Å². The van der Waals surface area contributed by atoms with E-state index in [1.807, 2.05) is 6.07 Å². The molecule has 19 heavy (non-hydrogen) atoms. The molecule has 3 heteroatoms. The molecule has 0 heterocycles. The average Bonchev–Trinajstić information content (AvgIpc) is 2.38. The maximum absolute atomic E-state index is 13.5. The van der Waals surface area contributed by atoms with Crippen molar-refractivity contribution in [2.24, 2.45) is 0 Å². The second kappa shape index (κ2) is 7.01. The highest BCUT2D eigenvalue weighted by atomic mass is 19.1. The van der Waals surface area contributed by atoms with Crippen molar-refractivity contribution in [1.29, 1.82) is 0 Å². The molecule has 0 aliphatic heterocycles. The van der Waals surface area contributed by atoms with E-state index in [2.05, 4.69) is 12.2 Å². The summed E-state index contributed by atoms with van der Waals surface area (Å²) >= 11 is 0. The summed E-state index contributed by atoms with van der Waals surface area (Å²) in [5, 5.41) is 3.41. The van der Waals surface area contributed by atoms with E-state index in [1.54, 1.807) is 12.1 Å². The van der Waals surface area contributed by atoms with Gasteiger partial charge in [0.15, 0.2) is 0 Å².